The summed E-state index contributed by atoms with van der Waals surface area (Å²) in [6.45, 7) is 2.37. The molecule has 0 spiro atoms. The van der Waals surface area contributed by atoms with E-state index in [1.165, 1.54) is 36.3 Å². The van der Waals surface area contributed by atoms with Gasteiger partial charge in [-0.15, -0.1) is 11.3 Å². The number of aromatic nitrogens is 2. The number of halogens is 1. The third-order valence-corrected chi connectivity index (χ3v) is 7.45. The summed E-state index contributed by atoms with van der Waals surface area (Å²) in [7, 11) is 0. The van der Waals surface area contributed by atoms with Crippen molar-refractivity contribution in [1.82, 2.24) is 14.9 Å². The smallest absolute Gasteiger partial charge is 0.255 e. The van der Waals surface area contributed by atoms with Gasteiger partial charge in [-0.2, -0.15) is 0 Å². The van der Waals surface area contributed by atoms with Crippen LogP contribution >= 0.6 is 11.3 Å². The number of rotatable bonds is 4. The monoisotopic (exact) mass is 423 g/mol. The van der Waals surface area contributed by atoms with Crippen LogP contribution in [0, 0.1) is 5.82 Å². The van der Waals surface area contributed by atoms with Gasteiger partial charge in [-0.25, -0.2) is 9.37 Å². The molecular weight excluding hydrogens is 397 g/mol. The average Bonchev–Trinajstić information content (AvgIpc) is 3.23. The van der Waals surface area contributed by atoms with Crippen LogP contribution < -0.4 is 5.56 Å². The molecule has 1 aromatic carbocycles. The highest BCUT2D eigenvalue weighted by atomic mass is 32.1. The minimum atomic E-state index is -0.215. The fraction of sp³-hybridized carbons (Fsp3) is 0.417. The molecule has 0 bridgehead atoms. The summed E-state index contributed by atoms with van der Waals surface area (Å²) in [6, 6.07) is 10.9. The largest absolute Gasteiger partial charge is 0.310 e. The number of fused-ring (bicyclic) bond motifs is 1. The first kappa shape index (κ1) is 19.6. The predicted octanol–water partition coefficient (Wildman–Crippen LogP) is 5.24. The van der Waals surface area contributed by atoms with E-state index in [0.717, 1.165) is 59.9 Å². The summed E-state index contributed by atoms with van der Waals surface area (Å²) in [6.07, 6.45) is 6.88. The number of benzene rings is 1. The zero-order valence-corrected chi connectivity index (χ0v) is 17.8. The number of aromatic amines is 1. The molecule has 1 aliphatic heterocycles. The lowest BCUT2D eigenvalue weighted by Crippen LogP contribution is -2.36. The zero-order chi connectivity index (χ0) is 20.5. The van der Waals surface area contributed by atoms with E-state index in [1.807, 2.05) is 12.1 Å². The summed E-state index contributed by atoms with van der Waals surface area (Å²) < 4.78 is 13.2. The first-order valence-corrected chi connectivity index (χ1v) is 11.7. The summed E-state index contributed by atoms with van der Waals surface area (Å²) >= 11 is 1.73. The van der Waals surface area contributed by atoms with Crippen molar-refractivity contribution in [1.29, 1.82) is 0 Å². The van der Waals surface area contributed by atoms with Crippen LogP contribution in [0.2, 0.25) is 0 Å². The van der Waals surface area contributed by atoms with Crippen molar-refractivity contribution in [2.75, 3.05) is 6.54 Å². The van der Waals surface area contributed by atoms with Gasteiger partial charge >= 0.3 is 0 Å². The number of nitrogens with one attached hydrogen (secondary N) is 1. The Hall–Kier alpha value is -2.31. The quantitative estimate of drug-likeness (QED) is 0.624. The maximum atomic E-state index is 13.2. The van der Waals surface area contributed by atoms with Gasteiger partial charge in [0, 0.05) is 41.7 Å². The molecule has 156 valence electrons. The van der Waals surface area contributed by atoms with Crippen molar-refractivity contribution < 1.29 is 4.39 Å². The Morgan fingerprint density at radius 2 is 1.90 bits per heavy atom. The number of hydrogen-bond acceptors (Lipinski definition) is 4. The van der Waals surface area contributed by atoms with Crippen molar-refractivity contribution in [3.05, 3.63) is 74.5 Å². The van der Waals surface area contributed by atoms with E-state index in [-0.39, 0.29) is 11.4 Å². The molecular formula is C24H26FN3OS. The van der Waals surface area contributed by atoms with Gasteiger partial charge in [-0.3, -0.25) is 9.69 Å². The van der Waals surface area contributed by atoms with Gasteiger partial charge in [0.1, 0.15) is 11.6 Å². The van der Waals surface area contributed by atoms with Crippen LogP contribution in [-0.4, -0.2) is 21.4 Å². The first-order valence-electron chi connectivity index (χ1n) is 10.8. The Morgan fingerprint density at radius 3 is 2.70 bits per heavy atom. The minimum absolute atomic E-state index is 0.0449. The molecule has 0 atom stereocenters. The molecule has 0 amide bonds. The van der Waals surface area contributed by atoms with E-state index in [0.29, 0.717) is 12.5 Å². The molecule has 2 aliphatic rings. The van der Waals surface area contributed by atoms with Crippen LogP contribution in [0.1, 0.15) is 60.0 Å². The Bertz CT molecular complexity index is 1080. The van der Waals surface area contributed by atoms with Crippen molar-refractivity contribution in [3.63, 3.8) is 0 Å². The Kier molecular flexibility index (Phi) is 5.52. The van der Waals surface area contributed by atoms with Gasteiger partial charge in [0.15, 0.2) is 0 Å². The molecule has 30 heavy (non-hydrogen) atoms. The predicted molar refractivity (Wildman–Crippen MR) is 118 cm³/mol. The van der Waals surface area contributed by atoms with Crippen LogP contribution in [0.3, 0.4) is 0 Å². The molecule has 3 heterocycles. The molecule has 6 heteroatoms. The van der Waals surface area contributed by atoms with Crippen molar-refractivity contribution >= 4 is 11.3 Å². The van der Waals surface area contributed by atoms with E-state index in [4.69, 9.17) is 4.98 Å². The molecule has 4 nitrogen and oxygen atoms in total. The molecule has 2 aromatic heterocycles. The van der Waals surface area contributed by atoms with Gasteiger partial charge in [0.05, 0.1) is 11.3 Å². The third-order valence-electron chi connectivity index (χ3n) is 6.33. The molecule has 0 saturated heterocycles. The number of nitrogens with zero attached hydrogens (tertiary/aromatic N) is 2. The second-order valence-corrected chi connectivity index (χ2v) is 9.61. The van der Waals surface area contributed by atoms with Gasteiger partial charge in [-0.1, -0.05) is 31.4 Å². The molecule has 1 fully saturated rings. The van der Waals surface area contributed by atoms with Crippen LogP contribution in [0.5, 0.6) is 0 Å². The SMILES string of the molecule is O=c1[nH]c(C2CCCCC2)nc2c1CN(Cc1ccc(-c3ccc(F)cc3)s1)CC2. The number of H-pyrrole nitrogens is 1. The van der Waals surface area contributed by atoms with E-state index in [2.05, 4.69) is 22.0 Å². The minimum Gasteiger partial charge on any atom is -0.310 e. The van der Waals surface area contributed by atoms with E-state index in [1.54, 1.807) is 11.3 Å². The fourth-order valence-electron chi connectivity index (χ4n) is 4.66. The average molecular weight is 424 g/mol. The summed E-state index contributed by atoms with van der Waals surface area (Å²) in [5.74, 6) is 1.12. The van der Waals surface area contributed by atoms with Gasteiger partial charge in [-0.05, 0) is 42.7 Å². The summed E-state index contributed by atoms with van der Waals surface area (Å²) in [5, 5.41) is 0. The van der Waals surface area contributed by atoms with E-state index >= 15 is 0 Å². The Balaban J connectivity index is 1.29. The first-order chi connectivity index (χ1) is 14.7. The molecule has 1 saturated carbocycles. The molecule has 5 rings (SSSR count). The zero-order valence-electron chi connectivity index (χ0n) is 17.0. The van der Waals surface area contributed by atoms with Crippen LogP contribution in [0.15, 0.2) is 41.2 Å². The van der Waals surface area contributed by atoms with Gasteiger partial charge in [0.2, 0.25) is 0 Å². The van der Waals surface area contributed by atoms with Crippen LogP contribution in [-0.2, 0) is 19.5 Å². The lowest BCUT2D eigenvalue weighted by Gasteiger charge is -2.28. The molecule has 3 aromatic rings. The van der Waals surface area contributed by atoms with Gasteiger partial charge < -0.3 is 4.98 Å². The molecule has 1 N–H and O–H groups in total. The lowest BCUT2D eigenvalue weighted by atomic mass is 9.88. The Labute approximate surface area is 179 Å². The highest BCUT2D eigenvalue weighted by Gasteiger charge is 2.24. The second-order valence-electron chi connectivity index (χ2n) is 8.44. The van der Waals surface area contributed by atoms with E-state index in [9.17, 15) is 9.18 Å². The van der Waals surface area contributed by atoms with Gasteiger partial charge in [0.25, 0.3) is 5.56 Å². The van der Waals surface area contributed by atoms with Crippen LogP contribution in [0.25, 0.3) is 10.4 Å². The lowest BCUT2D eigenvalue weighted by molar-refractivity contribution is 0.243. The van der Waals surface area contributed by atoms with Crippen molar-refractivity contribution in [3.8, 4) is 10.4 Å². The highest BCUT2D eigenvalue weighted by Crippen LogP contribution is 2.32. The molecule has 0 radical (unpaired) electrons. The normalized spacial score (nSPS) is 17.8. The summed E-state index contributed by atoms with van der Waals surface area (Å²) in [5.41, 5.74) is 2.90. The topological polar surface area (TPSA) is 49.0 Å². The highest BCUT2D eigenvalue weighted by molar-refractivity contribution is 7.15. The molecule has 0 unspecified atom stereocenters. The van der Waals surface area contributed by atoms with E-state index < -0.39 is 0 Å². The van der Waals surface area contributed by atoms with Crippen LogP contribution in [0.4, 0.5) is 4.39 Å². The van der Waals surface area contributed by atoms with Crippen molar-refractivity contribution in [2.45, 2.75) is 57.5 Å². The molecule has 1 aliphatic carbocycles. The summed E-state index contributed by atoms with van der Waals surface area (Å²) in [4.78, 5) is 25.5. The Morgan fingerprint density at radius 1 is 1.10 bits per heavy atom. The standard InChI is InChI=1S/C24H26FN3OS/c25-18-8-6-16(7-9-18)22-11-10-19(30-22)14-28-13-12-21-20(15-28)24(29)27-23(26-21)17-4-2-1-3-5-17/h6-11,17H,1-5,12-15H2,(H,26,27,29). The number of thiophene rings is 1. The second kappa shape index (κ2) is 8.44. The third kappa shape index (κ3) is 4.12. The fourth-order valence-corrected chi connectivity index (χ4v) is 5.71. The number of hydrogen-bond donors (Lipinski definition) is 1. The maximum absolute atomic E-state index is 13.2. The maximum Gasteiger partial charge on any atom is 0.255 e. The van der Waals surface area contributed by atoms with Crippen molar-refractivity contribution in [2.24, 2.45) is 0 Å².